The molecule has 4 nitrogen and oxygen atoms in total. The van der Waals surface area contributed by atoms with Crippen molar-refractivity contribution in [3.05, 3.63) is 229 Å². The first-order valence-electron chi connectivity index (χ1n) is 22.0. The Labute approximate surface area is 395 Å². The molecule has 0 spiro atoms. The van der Waals surface area contributed by atoms with Crippen LogP contribution in [0, 0.1) is 6.07 Å². The molecule has 10 aromatic rings. The van der Waals surface area contributed by atoms with Crippen molar-refractivity contribution in [1.29, 1.82) is 0 Å². The van der Waals surface area contributed by atoms with Gasteiger partial charge in [0.25, 0.3) is 0 Å². The van der Waals surface area contributed by atoms with Gasteiger partial charge in [-0.05, 0) is 74.7 Å². The number of benzene rings is 8. The van der Waals surface area contributed by atoms with E-state index in [0.717, 1.165) is 61.4 Å². The fraction of sp³-hybridized carbons (Fsp3) is 0.100. The number of imidazole rings is 1. The molecule has 1 aliphatic rings. The summed E-state index contributed by atoms with van der Waals surface area (Å²) in [6.45, 7) is 9.20. The number of phenolic OH excluding ortho intramolecular Hbond substituents is 1. The fourth-order valence-electron chi connectivity index (χ4n) is 9.96. The largest absolute Gasteiger partial charge is 0.507 e. The van der Waals surface area contributed by atoms with E-state index in [-0.39, 0.29) is 37.6 Å². The van der Waals surface area contributed by atoms with Gasteiger partial charge in [-0.2, -0.15) is 0 Å². The third-order valence-corrected chi connectivity index (χ3v) is 13.4. The van der Waals surface area contributed by atoms with Gasteiger partial charge in [-0.15, -0.1) is 17.7 Å². The minimum Gasteiger partial charge on any atom is -0.507 e. The van der Waals surface area contributed by atoms with Crippen molar-refractivity contribution in [2.45, 2.75) is 38.5 Å². The molecule has 0 bridgehead atoms. The van der Waals surface area contributed by atoms with Gasteiger partial charge in [0.2, 0.25) is 0 Å². The van der Waals surface area contributed by atoms with Crippen molar-refractivity contribution in [2.75, 3.05) is 0 Å². The van der Waals surface area contributed by atoms with E-state index in [9.17, 15) is 5.11 Å². The van der Waals surface area contributed by atoms with Crippen LogP contribution in [0.15, 0.2) is 200 Å². The first-order chi connectivity index (χ1) is 31.2. The Morgan fingerprint density at radius 3 is 1.94 bits per heavy atom. The summed E-state index contributed by atoms with van der Waals surface area (Å²) in [5, 5.41) is 11.4. The molecule has 0 atom stereocenters. The summed E-state index contributed by atoms with van der Waals surface area (Å²) in [6, 6.07) is 71.8. The molecule has 11 rings (SSSR count). The number of aromatic hydroxyl groups is 1. The van der Waals surface area contributed by atoms with Crippen molar-refractivity contribution < 1.29 is 26.2 Å². The maximum Gasteiger partial charge on any atom is 0.148 e. The number of nitrogens with zero attached hydrogens (tertiary/aromatic N) is 3. The second-order valence-corrected chi connectivity index (χ2v) is 17.9. The standard InChI is InChI=1S/C60H46N3O.Pt/c1-59(2,43-20-9-6-10-21-43)44-32-30-39(31-33-44)41-34-35-61-52(38-41)42-36-49-46-23-11-14-26-51(46)60(3,4)56(49)50(37-42)47-25-17-28-54-57(47)62-58(48-24-13-16-29-55(48)64)63(54)53-27-15-12-22-45(53)40-18-7-5-8-19-40;/h5-36,38,64H,1-4H3;/q-1;. The third-order valence-electron chi connectivity index (χ3n) is 13.4. The average molecular weight is 1020 g/mol. The maximum atomic E-state index is 11.4. The summed E-state index contributed by atoms with van der Waals surface area (Å²) in [6.07, 6.45) is 1.91. The molecule has 0 amide bonds. The van der Waals surface area contributed by atoms with Crippen LogP contribution in [0.1, 0.15) is 49.9 Å². The number of para-hydroxylation sites is 3. The molecule has 318 valence electrons. The molecule has 0 radical (unpaired) electrons. The molecule has 0 aliphatic heterocycles. The smallest absolute Gasteiger partial charge is 0.148 e. The van der Waals surface area contributed by atoms with E-state index < -0.39 is 0 Å². The number of hydrogen-bond donors (Lipinski definition) is 1. The number of hydrogen-bond acceptors (Lipinski definition) is 3. The Kier molecular flexibility index (Phi) is 10.6. The van der Waals surface area contributed by atoms with E-state index in [4.69, 9.17) is 9.97 Å². The summed E-state index contributed by atoms with van der Waals surface area (Å²) >= 11 is 0. The molecule has 0 saturated heterocycles. The Bertz CT molecular complexity index is 3390. The molecular weight excluding hydrogens is 974 g/mol. The van der Waals surface area contributed by atoms with Gasteiger partial charge in [-0.25, -0.2) is 4.98 Å². The van der Waals surface area contributed by atoms with Crippen molar-refractivity contribution in [1.82, 2.24) is 14.5 Å². The maximum absolute atomic E-state index is 11.4. The number of phenols is 1. The molecular formula is C60H46N3OPt-. The second kappa shape index (κ2) is 16.5. The molecule has 0 unspecified atom stereocenters. The van der Waals surface area contributed by atoms with Crippen LogP contribution in [0.3, 0.4) is 0 Å². The topological polar surface area (TPSA) is 50.9 Å². The molecule has 2 aromatic heterocycles. The fourth-order valence-corrected chi connectivity index (χ4v) is 9.96. The SMILES string of the molecule is CC(C)(c1ccccc1)c1ccc(-c2ccnc(-c3[c-]c(-c4cccc5c4nc(-c4ccccc4O)n5-c4ccccc4-c4ccccc4)c4c(c3)-c3ccccc3C4(C)C)c2)cc1.[Pt]. The van der Waals surface area contributed by atoms with Crippen molar-refractivity contribution >= 4 is 11.0 Å². The van der Waals surface area contributed by atoms with Crippen LogP contribution in [0.5, 0.6) is 5.75 Å². The normalized spacial score (nSPS) is 12.7. The van der Waals surface area contributed by atoms with Crippen molar-refractivity contribution in [2.24, 2.45) is 0 Å². The Balaban J connectivity index is 0.00000498. The second-order valence-electron chi connectivity index (χ2n) is 17.9. The van der Waals surface area contributed by atoms with Gasteiger partial charge in [0.15, 0.2) is 0 Å². The molecule has 2 heterocycles. The van der Waals surface area contributed by atoms with Gasteiger partial charge in [-0.3, -0.25) is 9.55 Å². The first-order valence-corrected chi connectivity index (χ1v) is 22.0. The molecule has 5 heteroatoms. The Hall–Kier alpha value is -7.13. The molecule has 1 N–H and O–H groups in total. The summed E-state index contributed by atoms with van der Waals surface area (Å²) in [4.78, 5) is 10.5. The third kappa shape index (κ3) is 7.05. The van der Waals surface area contributed by atoms with Gasteiger partial charge in [-0.1, -0.05) is 208 Å². The molecule has 1 aliphatic carbocycles. The quantitative estimate of drug-likeness (QED) is 0.154. The van der Waals surface area contributed by atoms with Crippen molar-refractivity contribution in [3.8, 4) is 78.6 Å². The first kappa shape index (κ1) is 41.9. The number of fused-ring (bicyclic) bond motifs is 4. The van der Waals surface area contributed by atoms with E-state index in [1.54, 1.807) is 6.07 Å². The van der Waals surface area contributed by atoms with Gasteiger partial charge >= 0.3 is 0 Å². The zero-order chi connectivity index (χ0) is 43.6. The monoisotopic (exact) mass is 1020 g/mol. The number of pyridine rings is 1. The van der Waals surface area contributed by atoms with Crippen LogP contribution < -0.4 is 0 Å². The summed E-state index contributed by atoms with van der Waals surface area (Å²) < 4.78 is 2.21. The summed E-state index contributed by atoms with van der Waals surface area (Å²) in [7, 11) is 0. The van der Waals surface area contributed by atoms with Crippen LogP contribution in [-0.4, -0.2) is 19.6 Å². The molecule has 0 saturated carbocycles. The van der Waals surface area contributed by atoms with Crippen LogP contribution in [0.4, 0.5) is 0 Å². The zero-order valence-corrected chi connectivity index (χ0v) is 38.9. The van der Waals surface area contributed by atoms with E-state index in [2.05, 4.69) is 202 Å². The minimum absolute atomic E-state index is 0. The van der Waals surface area contributed by atoms with E-state index >= 15 is 0 Å². The summed E-state index contributed by atoms with van der Waals surface area (Å²) in [5.41, 5.74) is 18.5. The van der Waals surface area contributed by atoms with E-state index in [0.29, 0.717) is 11.4 Å². The predicted octanol–water partition coefficient (Wildman–Crippen LogP) is 14.9. The van der Waals surface area contributed by atoms with Gasteiger partial charge in [0.1, 0.15) is 11.6 Å². The molecule has 0 fully saturated rings. The van der Waals surface area contributed by atoms with E-state index in [1.165, 1.54) is 33.4 Å². The number of aromatic nitrogens is 3. The zero-order valence-electron chi connectivity index (χ0n) is 36.7. The predicted molar refractivity (Wildman–Crippen MR) is 263 cm³/mol. The van der Waals surface area contributed by atoms with Crippen LogP contribution in [0.25, 0.3) is 83.9 Å². The van der Waals surface area contributed by atoms with Gasteiger partial charge in [0.05, 0.1) is 22.3 Å². The Morgan fingerprint density at radius 2 is 1.18 bits per heavy atom. The van der Waals surface area contributed by atoms with Crippen LogP contribution >= 0.6 is 0 Å². The molecule has 8 aromatic carbocycles. The van der Waals surface area contributed by atoms with E-state index in [1.807, 2.05) is 30.5 Å². The van der Waals surface area contributed by atoms with Gasteiger partial charge in [0, 0.05) is 43.9 Å². The Morgan fingerprint density at radius 1 is 0.554 bits per heavy atom. The summed E-state index contributed by atoms with van der Waals surface area (Å²) in [5.74, 6) is 0.830. The van der Waals surface area contributed by atoms with Crippen LogP contribution in [-0.2, 0) is 31.9 Å². The average Bonchev–Trinajstić information content (AvgIpc) is 3.84. The van der Waals surface area contributed by atoms with Crippen LogP contribution in [0.2, 0.25) is 0 Å². The molecule has 65 heavy (non-hydrogen) atoms. The van der Waals surface area contributed by atoms with Gasteiger partial charge < -0.3 is 5.11 Å². The number of rotatable bonds is 8. The minimum atomic E-state index is -0.327. The van der Waals surface area contributed by atoms with Crippen molar-refractivity contribution in [3.63, 3.8) is 0 Å².